The van der Waals surface area contributed by atoms with Gasteiger partial charge in [0.2, 0.25) is 5.91 Å². The highest BCUT2D eigenvalue weighted by molar-refractivity contribution is 9.10. The Kier molecular flexibility index (Phi) is 5.42. The predicted octanol–water partition coefficient (Wildman–Crippen LogP) is 4.98. The van der Waals surface area contributed by atoms with Gasteiger partial charge in [-0.05, 0) is 57.2 Å². The van der Waals surface area contributed by atoms with Gasteiger partial charge in [-0.1, -0.05) is 27.6 Å². The highest BCUT2D eigenvalue weighted by Crippen LogP contribution is 2.27. The fourth-order valence-corrected chi connectivity index (χ4v) is 3.11. The molecule has 1 heterocycles. The van der Waals surface area contributed by atoms with Crippen molar-refractivity contribution in [3.05, 3.63) is 64.1 Å². The van der Waals surface area contributed by atoms with E-state index >= 15 is 0 Å². The molecule has 1 amide bonds. The zero-order chi connectivity index (χ0) is 18.7. The van der Waals surface area contributed by atoms with Crippen LogP contribution in [0, 0.1) is 0 Å². The molecule has 5 nitrogen and oxygen atoms in total. The molecule has 3 N–H and O–H groups in total. The molecular weight excluding hydrogens is 392 g/mol. The maximum Gasteiger partial charge on any atom is 0.248 e. The van der Waals surface area contributed by atoms with E-state index in [1.54, 1.807) is 6.08 Å². The summed E-state index contributed by atoms with van der Waals surface area (Å²) in [5, 5.41) is 9.61. The third-order valence-corrected chi connectivity index (χ3v) is 4.23. The monoisotopic (exact) mass is 412 g/mol. The molecule has 0 fully saturated rings. The number of nitrogens with zero attached hydrogens (tertiary/aromatic N) is 1. The molecular formula is C20H21BrN4O. The predicted molar refractivity (Wildman–Crippen MR) is 112 cm³/mol. The van der Waals surface area contributed by atoms with Gasteiger partial charge in [0.1, 0.15) is 12.0 Å². The molecule has 3 rings (SSSR count). The molecule has 2 aromatic carbocycles. The summed E-state index contributed by atoms with van der Waals surface area (Å²) in [5.74, 6) is 0.628. The van der Waals surface area contributed by atoms with E-state index in [2.05, 4.69) is 36.9 Å². The number of carbonyl (C=O) groups is 1. The summed E-state index contributed by atoms with van der Waals surface area (Å²) >= 11 is 3.48. The molecule has 1 atom stereocenters. The average Bonchev–Trinajstić information content (AvgIpc) is 2.54. The number of rotatable bonds is 3. The lowest BCUT2D eigenvalue weighted by Crippen LogP contribution is -2.27. The Balaban J connectivity index is 1.90. The Hall–Kier alpha value is -2.60. The van der Waals surface area contributed by atoms with Crippen molar-refractivity contribution >= 4 is 44.7 Å². The number of hydrogen-bond acceptors (Lipinski definition) is 4. The van der Waals surface area contributed by atoms with Gasteiger partial charge in [0.05, 0.1) is 0 Å². The van der Waals surface area contributed by atoms with E-state index in [1.807, 2.05) is 63.2 Å². The summed E-state index contributed by atoms with van der Waals surface area (Å²) in [6, 6.07) is 13.7. The molecule has 26 heavy (non-hydrogen) atoms. The van der Waals surface area contributed by atoms with Crippen molar-refractivity contribution in [2.24, 2.45) is 4.99 Å². The van der Waals surface area contributed by atoms with Gasteiger partial charge >= 0.3 is 0 Å². The van der Waals surface area contributed by atoms with Crippen LogP contribution in [-0.2, 0) is 4.79 Å². The highest BCUT2D eigenvalue weighted by Gasteiger charge is 2.18. The maximum atomic E-state index is 12.0. The third kappa shape index (κ3) is 4.52. The normalized spacial score (nSPS) is 15.2. The van der Waals surface area contributed by atoms with E-state index in [9.17, 15) is 4.79 Å². The van der Waals surface area contributed by atoms with Crippen LogP contribution in [-0.4, -0.2) is 17.9 Å². The first-order valence-corrected chi connectivity index (χ1v) is 9.17. The molecule has 0 spiro atoms. The van der Waals surface area contributed by atoms with Gasteiger partial charge in [-0.2, -0.15) is 0 Å². The number of allylic oxidation sites excluding steroid dienone is 1. The van der Waals surface area contributed by atoms with Crippen LogP contribution in [0.3, 0.4) is 0 Å². The molecule has 2 aromatic rings. The van der Waals surface area contributed by atoms with Crippen LogP contribution in [0.25, 0.3) is 0 Å². The number of amidine groups is 1. The molecule has 1 aliphatic rings. The molecule has 0 bridgehead atoms. The number of aliphatic imine (C=N–C) groups is 1. The Morgan fingerprint density at radius 3 is 2.73 bits per heavy atom. The van der Waals surface area contributed by atoms with Crippen molar-refractivity contribution in [3.8, 4) is 0 Å². The Labute approximate surface area is 161 Å². The molecule has 0 aliphatic carbocycles. The maximum absolute atomic E-state index is 12.0. The van der Waals surface area contributed by atoms with Crippen LogP contribution < -0.4 is 16.0 Å². The van der Waals surface area contributed by atoms with Crippen molar-refractivity contribution in [2.75, 3.05) is 16.0 Å². The summed E-state index contributed by atoms with van der Waals surface area (Å²) in [7, 11) is 0. The first-order chi connectivity index (χ1) is 12.4. The summed E-state index contributed by atoms with van der Waals surface area (Å²) < 4.78 is 0.994. The number of hydrogen-bond donors (Lipinski definition) is 3. The van der Waals surface area contributed by atoms with E-state index in [1.165, 1.54) is 0 Å². The van der Waals surface area contributed by atoms with Gasteiger partial charge in [-0.15, -0.1) is 0 Å². The van der Waals surface area contributed by atoms with Crippen LogP contribution in [0.15, 0.2) is 63.6 Å². The fraction of sp³-hybridized carbons (Fsp3) is 0.200. The summed E-state index contributed by atoms with van der Waals surface area (Å²) in [4.78, 5) is 16.7. The second kappa shape index (κ2) is 7.74. The molecule has 6 heteroatoms. The molecule has 0 radical (unpaired) electrons. The van der Waals surface area contributed by atoms with Gasteiger partial charge in [0, 0.05) is 33.2 Å². The summed E-state index contributed by atoms with van der Waals surface area (Å²) in [5.41, 5.74) is 4.52. The minimum atomic E-state index is -0.138. The molecule has 0 unspecified atom stereocenters. The minimum absolute atomic E-state index is 0.0386. The highest BCUT2D eigenvalue weighted by atomic mass is 79.9. The lowest BCUT2D eigenvalue weighted by atomic mass is 10.1. The fourth-order valence-electron chi connectivity index (χ4n) is 2.71. The Bertz CT molecular complexity index is 900. The van der Waals surface area contributed by atoms with Crippen molar-refractivity contribution in [1.82, 2.24) is 0 Å². The second-order valence-corrected chi connectivity index (χ2v) is 7.32. The molecule has 134 valence electrons. The number of nitrogens with one attached hydrogen (secondary N) is 3. The number of halogens is 1. The van der Waals surface area contributed by atoms with E-state index in [4.69, 9.17) is 0 Å². The van der Waals surface area contributed by atoms with E-state index < -0.39 is 0 Å². The zero-order valence-corrected chi connectivity index (χ0v) is 16.5. The largest absolute Gasteiger partial charge is 0.363 e. The lowest BCUT2D eigenvalue weighted by Gasteiger charge is -2.24. The SMILES string of the molecule is CC(C)=CC(=O)Nc1ccc2c(c1)C(Nc1cccc(Br)c1)=N[C@H](C)N2. The van der Waals surface area contributed by atoms with E-state index in [-0.39, 0.29) is 12.1 Å². The van der Waals surface area contributed by atoms with Crippen LogP contribution in [0.1, 0.15) is 26.3 Å². The number of amides is 1. The van der Waals surface area contributed by atoms with Gasteiger partial charge in [0.15, 0.2) is 0 Å². The Morgan fingerprint density at radius 2 is 2.00 bits per heavy atom. The number of anilines is 3. The van der Waals surface area contributed by atoms with Crippen molar-refractivity contribution in [3.63, 3.8) is 0 Å². The number of carbonyl (C=O) groups excluding carboxylic acids is 1. The Morgan fingerprint density at radius 1 is 1.19 bits per heavy atom. The van der Waals surface area contributed by atoms with Gasteiger partial charge < -0.3 is 16.0 Å². The van der Waals surface area contributed by atoms with Crippen LogP contribution in [0.4, 0.5) is 17.1 Å². The topological polar surface area (TPSA) is 65.5 Å². The minimum Gasteiger partial charge on any atom is -0.363 e. The number of benzene rings is 2. The van der Waals surface area contributed by atoms with Crippen molar-refractivity contribution in [1.29, 1.82) is 0 Å². The zero-order valence-electron chi connectivity index (χ0n) is 14.9. The van der Waals surface area contributed by atoms with E-state index in [0.29, 0.717) is 0 Å². The van der Waals surface area contributed by atoms with Gasteiger partial charge in [0.25, 0.3) is 0 Å². The first kappa shape index (κ1) is 18.2. The summed E-state index contributed by atoms with van der Waals surface area (Å²) in [6.45, 7) is 5.78. The standard InChI is InChI=1S/C20H21BrN4O/c1-12(2)9-19(26)24-16-7-8-18-17(11-16)20(23-13(3)22-18)25-15-6-4-5-14(21)10-15/h4-11,13,22H,1-3H3,(H,23,25)(H,24,26)/t13-/m1/s1. The first-order valence-electron chi connectivity index (χ1n) is 8.38. The quantitative estimate of drug-likeness (QED) is 0.622. The molecule has 1 aliphatic heterocycles. The average molecular weight is 413 g/mol. The molecule has 0 aromatic heterocycles. The van der Waals surface area contributed by atoms with Crippen LogP contribution >= 0.6 is 15.9 Å². The van der Waals surface area contributed by atoms with Crippen LogP contribution in [0.5, 0.6) is 0 Å². The molecule has 0 saturated heterocycles. The van der Waals surface area contributed by atoms with Gasteiger partial charge in [-0.3, -0.25) is 4.79 Å². The van der Waals surface area contributed by atoms with Crippen LogP contribution in [0.2, 0.25) is 0 Å². The van der Waals surface area contributed by atoms with Gasteiger partial charge in [-0.25, -0.2) is 4.99 Å². The smallest absolute Gasteiger partial charge is 0.248 e. The van der Waals surface area contributed by atoms with Crippen molar-refractivity contribution in [2.45, 2.75) is 26.9 Å². The van der Waals surface area contributed by atoms with E-state index in [0.717, 1.165) is 38.5 Å². The van der Waals surface area contributed by atoms with Crippen molar-refractivity contribution < 1.29 is 4.79 Å². The number of fused-ring (bicyclic) bond motifs is 1. The molecule has 0 saturated carbocycles. The summed E-state index contributed by atoms with van der Waals surface area (Å²) in [6.07, 6.45) is 1.54. The third-order valence-electron chi connectivity index (χ3n) is 3.74. The second-order valence-electron chi connectivity index (χ2n) is 6.40. The lowest BCUT2D eigenvalue weighted by molar-refractivity contribution is -0.111.